The van der Waals surface area contributed by atoms with Crippen molar-refractivity contribution < 1.29 is 9.21 Å². The first-order valence-corrected chi connectivity index (χ1v) is 11.6. The second kappa shape index (κ2) is 7.17. The molecule has 3 aromatic rings. The van der Waals surface area contributed by atoms with Crippen LogP contribution in [0.25, 0.3) is 11.3 Å². The molecule has 2 aliphatic rings. The van der Waals surface area contributed by atoms with E-state index in [2.05, 4.69) is 31.4 Å². The number of furan rings is 1. The Bertz CT molecular complexity index is 1120. The number of benzene rings is 1. The molecule has 5 rings (SSSR count). The maximum atomic E-state index is 13.0. The Labute approximate surface area is 185 Å². The first-order chi connectivity index (χ1) is 14.3. The average molecular weight is 441 g/mol. The van der Waals surface area contributed by atoms with E-state index in [1.165, 1.54) is 10.4 Å². The zero-order chi connectivity index (χ0) is 21.0. The molecule has 6 heteroatoms. The lowest BCUT2D eigenvalue weighted by atomic mass is 9.72. The molecule has 0 saturated carbocycles. The summed E-state index contributed by atoms with van der Waals surface area (Å²) in [6.07, 6.45) is 2.77. The van der Waals surface area contributed by atoms with Gasteiger partial charge in [-0.3, -0.25) is 4.79 Å². The summed E-state index contributed by atoms with van der Waals surface area (Å²) in [5.74, 6) is 1.99. The first kappa shape index (κ1) is 19.7. The van der Waals surface area contributed by atoms with Gasteiger partial charge in [0.25, 0.3) is 5.91 Å². The lowest BCUT2D eigenvalue weighted by Crippen LogP contribution is -2.38. The average Bonchev–Trinajstić information content (AvgIpc) is 3.31. The Morgan fingerprint density at radius 1 is 1.13 bits per heavy atom. The quantitative estimate of drug-likeness (QED) is 0.468. The van der Waals surface area contributed by atoms with Crippen molar-refractivity contribution in [2.45, 2.75) is 46.2 Å². The molecule has 1 aromatic carbocycles. The number of rotatable bonds is 2. The highest BCUT2D eigenvalue weighted by molar-refractivity contribution is 7.16. The van der Waals surface area contributed by atoms with E-state index in [0.717, 1.165) is 35.4 Å². The fourth-order valence-electron chi connectivity index (χ4n) is 4.49. The summed E-state index contributed by atoms with van der Waals surface area (Å²) in [5.41, 5.74) is 3.18. The third kappa shape index (κ3) is 3.34. The van der Waals surface area contributed by atoms with E-state index in [1.807, 2.05) is 36.4 Å². The summed E-state index contributed by atoms with van der Waals surface area (Å²) in [7, 11) is 0. The Morgan fingerprint density at radius 2 is 1.93 bits per heavy atom. The molecule has 3 heterocycles. The monoisotopic (exact) mass is 440 g/mol. The zero-order valence-electron chi connectivity index (χ0n) is 17.3. The number of thiophene rings is 1. The van der Waals surface area contributed by atoms with Crippen LogP contribution in [0.2, 0.25) is 5.02 Å². The topological polar surface area (TPSA) is 54.3 Å². The van der Waals surface area contributed by atoms with E-state index in [0.29, 0.717) is 22.5 Å². The van der Waals surface area contributed by atoms with Gasteiger partial charge in [-0.1, -0.05) is 44.5 Å². The Balaban J connectivity index is 1.42. The van der Waals surface area contributed by atoms with Gasteiger partial charge in [0, 0.05) is 10.4 Å². The lowest BCUT2D eigenvalue weighted by Gasteiger charge is -2.34. The number of amides is 1. The van der Waals surface area contributed by atoms with Crippen LogP contribution in [0.4, 0.5) is 5.00 Å². The number of hydrogen-bond acceptors (Lipinski definition) is 4. The van der Waals surface area contributed by atoms with Crippen molar-refractivity contribution in [1.29, 1.82) is 0 Å². The minimum atomic E-state index is -0.389. The van der Waals surface area contributed by atoms with Crippen molar-refractivity contribution in [3.05, 3.63) is 63.2 Å². The highest BCUT2D eigenvalue weighted by atomic mass is 35.5. The van der Waals surface area contributed by atoms with E-state index in [9.17, 15) is 4.79 Å². The number of carbonyl (C=O) groups is 1. The van der Waals surface area contributed by atoms with Gasteiger partial charge in [-0.2, -0.15) is 0 Å². The Hall–Kier alpha value is -2.24. The number of carbonyl (C=O) groups excluding carboxylic acids is 1. The molecular formula is C24H25ClN2O2S. The normalized spacial score (nSPS) is 20.9. The largest absolute Gasteiger partial charge is 0.457 e. The molecule has 0 radical (unpaired) electrons. The molecule has 0 unspecified atom stereocenters. The second-order valence-electron chi connectivity index (χ2n) is 9.25. The molecule has 4 nitrogen and oxygen atoms in total. The van der Waals surface area contributed by atoms with Gasteiger partial charge in [-0.15, -0.1) is 11.3 Å². The molecule has 0 fully saturated rings. The predicted octanol–water partition coefficient (Wildman–Crippen LogP) is 6.67. The van der Waals surface area contributed by atoms with Crippen LogP contribution in [0.5, 0.6) is 0 Å². The van der Waals surface area contributed by atoms with Gasteiger partial charge in [0.05, 0.1) is 10.6 Å². The van der Waals surface area contributed by atoms with E-state index >= 15 is 0 Å². The third-order valence-corrected chi connectivity index (χ3v) is 7.83. The molecule has 30 heavy (non-hydrogen) atoms. The minimum Gasteiger partial charge on any atom is -0.457 e. The smallest absolute Gasteiger partial charge is 0.256 e. The SMILES string of the molecule is CC(C)(C)[C@H]1CCc2c(sc3c2C(=O)N[C@H](c2ccc(-c4ccccc4Cl)o2)N3)C1. The molecule has 0 spiro atoms. The van der Waals surface area contributed by atoms with Gasteiger partial charge >= 0.3 is 0 Å². The highest BCUT2D eigenvalue weighted by Gasteiger charge is 2.37. The molecule has 1 amide bonds. The van der Waals surface area contributed by atoms with Crippen LogP contribution in [0.15, 0.2) is 40.8 Å². The summed E-state index contributed by atoms with van der Waals surface area (Å²) in [6, 6.07) is 11.4. The Kier molecular flexibility index (Phi) is 4.71. The van der Waals surface area contributed by atoms with Gasteiger partial charge in [-0.05, 0) is 60.4 Å². The minimum absolute atomic E-state index is 0.0175. The molecule has 2 N–H and O–H groups in total. The van der Waals surface area contributed by atoms with Crippen LogP contribution in [0, 0.1) is 11.3 Å². The number of anilines is 1. The second-order valence-corrected chi connectivity index (χ2v) is 10.8. The molecule has 1 aliphatic carbocycles. The summed E-state index contributed by atoms with van der Waals surface area (Å²) in [6.45, 7) is 6.93. The summed E-state index contributed by atoms with van der Waals surface area (Å²) in [4.78, 5) is 14.4. The van der Waals surface area contributed by atoms with Crippen LogP contribution in [-0.2, 0) is 12.8 Å². The van der Waals surface area contributed by atoms with Crippen molar-refractivity contribution in [3.8, 4) is 11.3 Å². The molecule has 156 valence electrons. The summed E-state index contributed by atoms with van der Waals surface area (Å²) >= 11 is 8.03. The third-order valence-electron chi connectivity index (χ3n) is 6.32. The zero-order valence-corrected chi connectivity index (χ0v) is 18.9. The van der Waals surface area contributed by atoms with Crippen LogP contribution < -0.4 is 10.6 Å². The lowest BCUT2D eigenvalue weighted by molar-refractivity contribution is 0.0930. The number of fused-ring (bicyclic) bond motifs is 3. The molecule has 2 aromatic heterocycles. The van der Waals surface area contributed by atoms with Gasteiger partial charge in [-0.25, -0.2) is 0 Å². The van der Waals surface area contributed by atoms with Crippen LogP contribution in [0.3, 0.4) is 0 Å². The van der Waals surface area contributed by atoms with Gasteiger partial charge in [0.15, 0.2) is 6.17 Å². The molecular weight excluding hydrogens is 416 g/mol. The van der Waals surface area contributed by atoms with Gasteiger partial charge in [0.2, 0.25) is 0 Å². The standard InChI is InChI=1S/C24H25ClN2O2S/c1-24(2,3)13-8-9-15-19(12-13)30-23-20(15)22(28)26-21(27-23)18-11-10-17(29-18)14-6-4-5-7-16(14)25/h4-7,10-11,13,21,27H,8-9,12H2,1-3H3,(H,26,28)/t13-,21-/m0/s1. The molecule has 0 saturated heterocycles. The number of nitrogens with one attached hydrogen (secondary N) is 2. The maximum Gasteiger partial charge on any atom is 0.256 e. The fourth-order valence-corrected chi connectivity index (χ4v) is 6.08. The number of halogens is 1. The van der Waals surface area contributed by atoms with E-state index in [1.54, 1.807) is 11.3 Å². The van der Waals surface area contributed by atoms with Crippen molar-refractivity contribution in [2.24, 2.45) is 11.3 Å². The van der Waals surface area contributed by atoms with Crippen molar-refractivity contribution >= 4 is 33.8 Å². The van der Waals surface area contributed by atoms with E-state index in [-0.39, 0.29) is 17.5 Å². The highest BCUT2D eigenvalue weighted by Crippen LogP contribution is 2.46. The number of hydrogen-bond donors (Lipinski definition) is 2. The molecule has 2 atom stereocenters. The van der Waals surface area contributed by atoms with Crippen molar-refractivity contribution in [3.63, 3.8) is 0 Å². The van der Waals surface area contributed by atoms with Gasteiger partial charge < -0.3 is 15.1 Å². The molecule has 1 aliphatic heterocycles. The maximum absolute atomic E-state index is 13.0. The van der Waals surface area contributed by atoms with Crippen LogP contribution >= 0.6 is 22.9 Å². The summed E-state index contributed by atoms with van der Waals surface area (Å²) < 4.78 is 6.06. The van der Waals surface area contributed by atoms with Crippen LogP contribution in [0.1, 0.15) is 59.9 Å². The summed E-state index contributed by atoms with van der Waals surface area (Å²) in [5, 5.41) is 8.17. The molecule has 0 bridgehead atoms. The Morgan fingerprint density at radius 3 is 2.70 bits per heavy atom. The first-order valence-electron chi connectivity index (χ1n) is 10.4. The van der Waals surface area contributed by atoms with Crippen molar-refractivity contribution in [2.75, 3.05) is 5.32 Å². The van der Waals surface area contributed by atoms with Crippen molar-refractivity contribution in [1.82, 2.24) is 5.32 Å². The van der Waals surface area contributed by atoms with E-state index in [4.69, 9.17) is 16.0 Å². The van der Waals surface area contributed by atoms with E-state index < -0.39 is 0 Å². The van der Waals surface area contributed by atoms with Gasteiger partial charge in [0.1, 0.15) is 16.5 Å². The predicted molar refractivity (Wildman–Crippen MR) is 122 cm³/mol. The van der Waals surface area contributed by atoms with Crippen LogP contribution in [-0.4, -0.2) is 5.91 Å². The fraction of sp³-hybridized carbons (Fsp3) is 0.375.